The van der Waals surface area contributed by atoms with Crippen molar-refractivity contribution in [2.75, 3.05) is 5.32 Å². The smallest absolute Gasteiger partial charge is 0.347 e. The van der Waals surface area contributed by atoms with Crippen LogP contribution in [0.2, 0.25) is 0 Å². The number of anilines is 1. The number of ketones is 1. The number of esters is 1. The maximum atomic E-state index is 12.2. The first-order valence-electron chi connectivity index (χ1n) is 8.21. The third kappa shape index (κ3) is 5.44. The number of carbonyl (C=O) groups is 3. The van der Waals surface area contributed by atoms with E-state index in [0.29, 0.717) is 17.0 Å². The fourth-order valence-corrected chi connectivity index (χ4v) is 2.13. The van der Waals surface area contributed by atoms with E-state index in [4.69, 9.17) is 9.47 Å². The molecule has 0 aromatic heterocycles. The summed E-state index contributed by atoms with van der Waals surface area (Å²) in [5.74, 6) is -0.706. The maximum absolute atomic E-state index is 12.2. The van der Waals surface area contributed by atoms with Crippen molar-refractivity contribution in [2.45, 2.75) is 33.0 Å². The quantitative estimate of drug-likeness (QED) is 0.609. The van der Waals surface area contributed by atoms with Gasteiger partial charge in [-0.1, -0.05) is 30.3 Å². The summed E-state index contributed by atoms with van der Waals surface area (Å²) >= 11 is 0. The summed E-state index contributed by atoms with van der Waals surface area (Å²) in [6, 6.07) is 15.4. The van der Waals surface area contributed by atoms with Crippen LogP contribution in [-0.4, -0.2) is 29.9 Å². The lowest BCUT2D eigenvalue weighted by molar-refractivity contribution is -0.159. The Morgan fingerprint density at radius 2 is 1.62 bits per heavy atom. The summed E-state index contributed by atoms with van der Waals surface area (Å²) < 4.78 is 10.6. The summed E-state index contributed by atoms with van der Waals surface area (Å²) in [4.78, 5) is 35.7. The van der Waals surface area contributed by atoms with Crippen LogP contribution in [0.25, 0.3) is 0 Å². The number of ether oxygens (including phenoxy) is 2. The van der Waals surface area contributed by atoms with Gasteiger partial charge in [-0.3, -0.25) is 9.59 Å². The second kappa shape index (κ2) is 8.80. The molecule has 0 radical (unpaired) electrons. The fraction of sp³-hybridized carbons (Fsp3) is 0.250. The molecule has 2 rings (SSSR count). The monoisotopic (exact) mass is 355 g/mol. The minimum Gasteiger partial charge on any atom is -0.479 e. The number of hydrogen-bond acceptors (Lipinski definition) is 5. The lowest BCUT2D eigenvalue weighted by atomic mass is 10.1. The Bertz CT molecular complexity index is 788. The Morgan fingerprint density at radius 3 is 2.27 bits per heavy atom. The molecule has 0 aliphatic heterocycles. The molecule has 0 saturated heterocycles. The molecular formula is C20H21NO5. The molecule has 0 aliphatic rings. The van der Waals surface area contributed by atoms with E-state index in [9.17, 15) is 14.4 Å². The molecule has 136 valence electrons. The highest BCUT2D eigenvalue weighted by atomic mass is 16.6. The minimum atomic E-state index is -1.01. The number of benzene rings is 2. The molecule has 0 saturated carbocycles. The van der Waals surface area contributed by atoms with Gasteiger partial charge in [0.25, 0.3) is 5.91 Å². The molecule has 1 N–H and O–H groups in total. The zero-order valence-corrected chi connectivity index (χ0v) is 14.9. The van der Waals surface area contributed by atoms with E-state index in [2.05, 4.69) is 5.32 Å². The number of Topliss-reactive ketones (excluding diaryl/α,β-unsaturated/α-hetero) is 1. The van der Waals surface area contributed by atoms with Gasteiger partial charge in [0.2, 0.25) is 0 Å². The van der Waals surface area contributed by atoms with Crippen LogP contribution in [0.4, 0.5) is 5.69 Å². The molecule has 2 aromatic carbocycles. The molecule has 2 atom stereocenters. The summed E-state index contributed by atoms with van der Waals surface area (Å²) in [5, 5.41) is 2.62. The number of rotatable bonds is 7. The Morgan fingerprint density at radius 1 is 0.923 bits per heavy atom. The number of carbonyl (C=O) groups excluding carboxylic acids is 3. The van der Waals surface area contributed by atoms with Gasteiger partial charge in [0.1, 0.15) is 5.75 Å². The Kier molecular flexibility index (Phi) is 6.49. The van der Waals surface area contributed by atoms with Gasteiger partial charge in [-0.15, -0.1) is 0 Å². The summed E-state index contributed by atoms with van der Waals surface area (Å²) in [6.45, 7) is 4.47. The van der Waals surface area contributed by atoms with Gasteiger partial charge in [-0.25, -0.2) is 4.79 Å². The molecule has 0 spiro atoms. The molecule has 0 aliphatic carbocycles. The molecule has 0 fully saturated rings. The van der Waals surface area contributed by atoms with Crippen molar-refractivity contribution in [3.8, 4) is 5.75 Å². The molecule has 1 amide bonds. The van der Waals surface area contributed by atoms with Crippen molar-refractivity contribution >= 4 is 23.3 Å². The average molecular weight is 355 g/mol. The van der Waals surface area contributed by atoms with E-state index < -0.39 is 24.1 Å². The normalized spacial score (nSPS) is 12.6. The maximum Gasteiger partial charge on any atom is 0.347 e. The molecule has 26 heavy (non-hydrogen) atoms. The molecule has 6 heteroatoms. The second-order valence-corrected chi connectivity index (χ2v) is 5.78. The van der Waals surface area contributed by atoms with Crippen molar-refractivity contribution in [3.05, 3.63) is 60.2 Å². The van der Waals surface area contributed by atoms with Crippen LogP contribution in [0.1, 0.15) is 31.1 Å². The van der Waals surface area contributed by atoms with Crippen LogP contribution in [0, 0.1) is 0 Å². The van der Waals surface area contributed by atoms with E-state index in [1.807, 2.05) is 6.07 Å². The van der Waals surface area contributed by atoms with Crippen molar-refractivity contribution in [1.82, 2.24) is 0 Å². The van der Waals surface area contributed by atoms with Crippen LogP contribution >= 0.6 is 0 Å². The number of para-hydroxylation sites is 1. The highest BCUT2D eigenvalue weighted by Gasteiger charge is 2.23. The van der Waals surface area contributed by atoms with Crippen LogP contribution < -0.4 is 10.1 Å². The Labute approximate surface area is 152 Å². The molecule has 0 unspecified atom stereocenters. The zero-order valence-electron chi connectivity index (χ0n) is 14.9. The first kappa shape index (κ1) is 19.2. The van der Waals surface area contributed by atoms with Gasteiger partial charge < -0.3 is 14.8 Å². The molecule has 0 bridgehead atoms. The third-order valence-electron chi connectivity index (χ3n) is 3.59. The number of nitrogens with one attached hydrogen (secondary N) is 1. The topological polar surface area (TPSA) is 81.7 Å². The lowest BCUT2D eigenvalue weighted by Crippen LogP contribution is -2.35. The van der Waals surface area contributed by atoms with Crippen molar-refractivity contribution in [3.63, 3.8) is 0 Å². The van der Waals surface area contributed by atoms with Gasteiger partial charge in [0.05, 0.1) is 0 Å². The summed E-state index contributed by atoms with van der Waals surface area (Å²) in [6.07, 6.45) is -1.86. The van der Waals surface area contributed by atoms with Crippen molar-refractivity contribution in [1.29, 1.82) is 0 Å². The molecule has 0 heterocycles. The van der Waals surface area contributed by atoms with E-state index in [1.54, 1.807) is 55.5 Å². The molecule has 2 aromatic rings. The van der Waals surface area contributed by atoms with Crippen LogP contribution in [0.5, 0.6) is 5.75 Å². The molecule has 6 nitrogen and oxygen atoms in total. The zero-order chi connectivity index (χ0) is 19.1. The van der Waals surface area contributed by atoms with Gasteiger partial charge in [0.15, 0.2) is 18.0 Å². The largest absolute Gasteiger partial charge is 0.479 e. The van der Waals surface area contributed by atoms with Crippen LogP contribution in [0.15, 0.2) is 54.6 Å². The first-order valence-corrected chi connectivity index (χ1v) is 8.21. The van der Waals surface area contributed by atoms with Crippen molar-refractivity contribution < 1.29 is 23.9 Å². The molecular weight excluding hydrogens is 334 g/mol. The fourth-order valence-electron chi connectivity index (χ4n) is 2.13. The first-order chi connectivity index (χ1) is 12.4. The minimum absolute atomic E-state index is 0.104. The van der Waals surface area contributed by atoms with Gasteiger partial charge >= 0.3 is 5.97 Å². The van der Waals surface area contributed by atoms with E-state index in [-0.39, 0.29) is 5.78 Å². The summed E-state index contributed by atoms with van der Waals surface area (Å²) in [5.41, 5.74) is 0.941. The highest BCUT2D eigenvalue weighted by Crippen LogP contribution is 2.14. The van der Waals surface area contributed by atoms with Gasteiger partial charge in [-0.05, 0) is 45.0 Å². The number of hydrogen-bond donors (Lipinski definition) is 1. The van der Waals surface area contributed by atoms with Crippen LogP contribution in [0.3, 0.4) is 0 Å². The Balaban J connectivity index is 1.90. The van der Waals surface area contributed by atoms with Gasteiger partial charge in [-0.2, -0.15) is 0 Å². The third-order valence-corrected chi connectivity index (χ3v) is 3.59. The van der Waals surface area contributed by atoms with E-state index in [0.717, 1.165) is 0 Å². The Hall–Kier alpha value is -3.15. The SMILES string of the molecule is CC(=O)c1cccc(NC(=O)[C@@H](C)OC(=O)[C@@H](C)Oc2ccccc2)c1. The standard InChI is InChI=1S/C20H21NO5/c1-13(22)16-8-7-9-17(12-16)21-19(23)14(2)26-20(24)15(3)25-18-10-5-4-6-11-18/h4-12,14-15H,1-3H3,(H,21,23)/t14-,15-/m1/s1. The van der Waals surface area contributed by atoms with Gasteiger partial charge in [0, 0.05) is 11.3 Å². The predicted molar refractivity (Wildman–Crippen MR) is 97.2 cm³/mol. The second-order valence-electron chi connectivity index (χ2n) is 5.78. The highest BCUT2D eigenvalue weighted by molar-refractivity contribution is 5.98. The van der Waals surface area contributed by atoms with Crippen molar-refractivity contribution in [2.24, 2.45) is 0 Å². The van der Waals surface area contributed by atoms with E-state index in [1.165, 1.54) is 13.8 Å². The summed E-state index contributed by atoms with van der Waals surface area (Å²) in [7, 11) is 0. The lowest BCUT2D eigenvalue weighted by Gasteiger charge is -2.18. The van der Waals surface area contributed by atoms with E-state index >= 15 is 0 Å². The average Bonchev–Trinajstić information content (AvgIpc) is 2.62. The predicted octanol–water partition coefficient (Wildman–Crippen LogP) is 3.23. The van der Waals surface area contributed by atoms with Crippen LogP contribution in [-0.2, 0) is 14.3 Å². The number of amides is 1.